The second-order valence-electron chi connectivity index (χ2n) is 4.36. The Morgan fingerprint density at radius 2 is 2.21 bits per heavy atom. The third-order valence-corrected chi connectivity index (χ3v) is 3.12. The Morgan fingerprint density at radius 3 is 2.86 bits per heavy atom. The molecule has 0 aromatic rings. The first kappa shape index (κ1) is 10.4. The quantitative estimate of drug-likeness (QED) is 0.592. The van der Waals surface area contributed by atoms with Gasteiger partial charge in [0.15, 0.2) is 0 Å². The van der Waals surface area contributed by atoms with Crippen LogP contribution < -0.4 is 10.6 Å². The van der Waals surface area contributed by atoms with Crippen LogP contribution in [-0.2, 0) is 4.74 Å². The van der Waals surface area contributed by atoms with Crippen molar-refractivity contribution in [2.45, 2.75) is 37.5 Å². The van der Waals surface area contributed by atoms with Crippen molar-refractivity contribution in [1.29, 1.82) is 0 Å². The van der Waals surface area contributed by atoms with E-state index in [-0.39, 0.29) is 6.23 Å². The van der Waals surface area contributed by atoms with E-state index < -0.39 is 5.60 Å². The summed E-state index contributed by atoms with van der Waals surface area (Å²) in [6.45, 7) is 3.37. The summed E-state index contributed by atoms with van der Waals surface area (Å²) in [6.07, 6.45) is 4.07. The minimum Gasteiger partial charge on any atom is -0.388 e. The van der Waals surface area contributed by atoms with Crippen molar-refractivity contribution in [2.24, 2.45) is 0 Å². The van der Waals surface area contributed by atoms with E-state index >= 15 is 0 Å². The van der Waals surface area contributed by atoms with Crippen molar-refractivity contribution in [3.63, 3.8) is 0 Å². The summed E-state index contributed by atoms with van der Waals surface area (Å²) in [4.78, 5) is 0. The first-order chi connectivity index (χ1) is 6.79. The molecular formula is C10H20N2O2. The highest BCUT2D eigenvalue weighted by atomic mass is 16.5. The van der Waals surface area contributed by atoms with Gasteiger partial charge in [0.2, 0.25) is 0 Å². The van der Waals surface area contributed by atoms with Gasteiger partial charge in [0.25, 0.3) is 0 Å². The summed E-state index contributed by atoms with van der Waals surface area (Å²) in [5.74, 6) is 0. The van der Waals surface area contributed by atoms with Gasteiger partial charge in [-0.1, -0.05) is 0 Å². The first-order valence-electron chi connectivity index (χ1n) is 5.57. The van der Waals surface area contributed by atoms with Gasteiger partial charge < -0.3 is 15.2 Å². The van der Waals surface area contributed by atoms with Crippen LogP contribution in [0.1, 0.15) is 25.7 Å². The van der Waals surface area contributed by atoms with E-state index in [4.69, 9.17) is 4.74 Å². The Hall–Kier alpha value is -0.160. The molecule has 1 unspecified atom stereocenters. The molecule has 2 rings (SSSR count). The minimum atomic E-state index is -0.517. The molecule has 2 saturated heterocycles. The Balaban J connectivity index is 1.72. The molecule has 82 valence electrons. The predicted molar refractivity (Wildman–Crippen MR) is 54.0 cm³/mol. The number of hydrogen-bond donors (Lipinski definition) is 3. The maximum absolute atomic E-state index is 10.2. The van der Waals surface area contributed by atoms with Crippen LogP contribution >= 0.6 is 0 Å². The maximum atomic E-state index is 10.2. The normalized spacial score (nSPS) is 31.9. The number of hydrogen-bond acceptors (Lipinski definition) is 4. The molecular weight excluding hydrogens is 180 g/mol. The van der Waals surface area contributed by atoms with Crippen LogP contribution in [0.25, 0.3) is 0 Å². The van der Waals surface area contributed by atoms with Gasteiger partial charge in [-0.15, -0.1) is 0 Å². The molecule has 2 heterocycles. The molecule has 0 aliphatic carbocycles. The molecule has 4 nitrogen and oxygen atoms in total. The largest absolute Gasteiger partial charge is 0.388 e. The van der Waals surface area contributed by atoms with E-state index in [9.17, 15) is 5.11 Å². The molecule has 0 bridgehead atoms. The average Bonchev–Trinajstić information content (AvgIpc) is 2.69. The molecule has 0 amide bonds. The summed E-state index contributed by atoms with van der Waals surface area (Å²) in [6, 6.07) is 0. The molecule has 2 aliphatic rings. The van der Waals surface area contributed by atoms with E-state index in [0.717, 1.165) is 45.4 Å². The Kier molecular flexibility index (Phi) is 3.38. The fraction of sp³-hybridized carbons (Fsp3) is 1.00. The van der Waals surface area contributed by atoms with Crippen LogP contribution in [0.2, 0.25) is 0 Å². The van der Waals surface area contributed by atoms with Gasteiger partial charge in [-0.2, -0.15) is 0 Å². The molecule has 0 aromatic carbocycles. The highest BCUT2D eigenvalue weighted by Gasteiger charge is 2.30. The van der Waals surface area contributed by atoms with Gasteiger partial charge in [-0.3, -0.25) is 5.32 Å². The van der Waals surface area contributed by atoms with Crippen molar-refractivity contribution in [2.75, 3.05) is 26.2 Å². The van der Waals surface area contributed by atoms with E-state index in [1.165, 1.54) is 0 Å². The molecule has 1 atom stereocenters. The monoisotopic (exact) mass is 200 g/mol. The van der Waals surface area contributed by atoms with Crippen LogP contribution in [0.4, 0.5) is 0 Å². The summed E-state index contributed by atoms with van der Waals surface area (Å²) in [7, 11) is 0. The van der Waals surface area contributed by atoms with Crippen LogP contribution in [0, 0.1) is 0 Å². The number of piperidine rings is 1. The lowest BCUT2D eigenvalue weighted by molar-refractivity contribution is -0.00889. The van der Waals surface area contributed by atoms with Crippen molar-refractivity contribution >= 4 is 0 Å². The topological polar surface area (TPSA) is 53.5 Å². The van der Waals surface area contributed by atoms with Gasteiger partial charge in [0.1, 0.15) is 6.23 Å². The molecule has 0 spiro atoms. The molecule has 14 heavy (non-hydrogen) atoms. The van der Waals surface area contributed by atoms with Gasteiger partial charge in [0, 0.05) is 13.2 Å². The third-order valence-electron chi connectivity index (χ3n) is 3.12. The first-order valence-corrected chi connectivity index (χ1v) is 5.57. The summed E-state index contributed by atoms with van der Waals surface area (Å²) >= 11 is 0. The van der Waals surface area contributed by atoms with Gasteiger partial charge >= 0.3 is 0 Å². The predicted octanol–water partition coefficient (Wildman–Crippen LogP) is -0.173. The van der Waals surface area contributed by atoms with Crippen molar-refractivity contribution in [1.82, 2.24) is 10.6 Å². The fourth-order valence-electron chi connectivity index (χ4n) is 2.11. The summed E-state index contributed by atoms with van der Waals surface area (Å²) in [5.41, 5.74) is -0.517. The third kappa shape index (κ3) is 2.67. The molecule has 0 radical (unpaired) electrons. The SMILES string of the molecule is OC1(CNC2CCCO2)CCNCC1. The zero-order valence-electron chi connectivity index (χ0n) is 8.59. The number of ether oxygens (including phenoxy) is 1. The summed E-state index contributed by atoms with van der Waals surface area (Å²) < 4.78 is 5.45. The number of nitrogens with one attached hydrogen (secondary N) is 2. The number of rotatable bonds is 3. The Bertz CT molecular complexity index is 175. The molecule has 0 saturated carbocycles. The molecule has 2 fully saturated rings. The van der Waals surface area contributed by atoms with E-state index in [1.54, 1.807) is 0 Å². The van der Waals surface area contributed by atoms with Crippen LogP contribution in [-0.4, -0.2) is 43.2 Å². The van der Waals surface area contributed by atoms with Gasteiger partial charge in [-0.25, -0.2) is 0 Å². The fourth-order valence-corrected chi connectivity index (χ4v) is 2.11. The van der Waals surface area contributed by atoms with Crippen LogP contribution in [0.3, 0.4) is 0 Å². The second kappa shape index (κ2) is 4.57. The molecule has 0 aromatic heterocycles. The van der Waals surface area contributed by atoms with Gasteiger partial charge in [0.05, 0.1) is 5.60 Å². The smallest absolute Gasteiger partial charge is 0.108 e. The number of aliphatic hydroxyl groups is 1. The van der Waals surface area contributed by atoms with Gasteiger partial charge in [-0.05, 0) is 38.8 Å². The molecule has 3 N–H and O–H groups in total. The zero-order chi connectivity index (χ0) is 9.86. The maximum Gasteiger partial charge on any atom is 0.108 e. The van der Waals surface area contributed by atoms with E-state index in [0.29, 0.717) is 6.54 Å². The highest BCUT2D eigenvalue weighted by Crippen LogP contribution is 2.18. The lowest BCUT2D eigenvalue weighted by Gasteiger charge is -2.33. The molecule has 4 heteroatoms. The van der Waals surface area contributed by atoms with Crippen molar-refractivity contribution in [3.05, 3.63) is 0 Å². The van der Waals surface area contributed by atoms with Crippen molar-refractivity contribution in [3.8, 4) is 0 Å². The second-order valence-corrected chi connectivity index (χ2v) is 4.36. The highest BCUT2D eigenvalue weighted by molar-refractivity contribution is 4.86. The van der Waals surface area contributed by atoms with E-state index in [1.807, 2.05) is 0 Å². The molecule has 2 aliphatic heterocycles. The zero-order valence-corrected chi connectivity index (χ0v) is 8.59. The Labute approximate surface area is 85.0 Å². The Morgan fingerprint density at radius 1 is 1.43 bits per heavy atom. The van der Waals surface area contributed by atoms with Crippen LogP contribution in [0.5, 0.6) is 0 Å². The lowest BCUT2D eigenvalue weighted by Crippen LogP contribution is -2.50. The summed E-state index contributed by atoms with van der Waals surface area (Å²) in [5, 5.41) is 16.7. The van der Waals surface area contributed by atoms with Crippen molar-refractivity contribution < 1.29 is 9.84 Å². The lowest BCUT2D eigenvalue weighted by atomic mass is 9.92. The average molecular weight is 200 g/mol. The standard InChI is InChI=1S/C10H20N2O2/c13-10(3-5-11-6-4-10)8-12-9-2-1-7-14-9/h9,11-13H,1-8H2. The minimum absolute atomic E-state index is 0.175. The van der Waals surface area contributed by atoms with E-state index in [2.05, 4.69) is 10.6 Å². The van der Waals surface area contributed by atoms with Crippen LogP contribution in [0.15, 0.2) is 0 Å².